The third-order valence-corrected chi connectivity index (χ3v) is 3.14. The Morgan fingerprint density at radius 3 is 2.78 bits per heavy atom. The molecule has 0 fully saturated rings. The zero-order valence-electron chi connectivity index (χ0n) is 10.7. The van der Waals surface area contributed by atoms with Crippen molar-refractivity contribution in [2.45, 2.75) is 33.1 Å². The number of carboxylic acids is 1. The van der Waals surface area contributed by atoms with Crippen LogP contribution in [0.5, 0.6) is 11.5 Å². The minimum absolute atomic E-state index is 0.0356. The highest BCUT2D eigenvalue weighted by Crippen LogP contribution is 2.35. The SMILES string of the molecule is CC(C)(CCC(=O)O)Cc1ccc2c(c1)OCO2. The lowest BCUT2D eigenvalue weighted by Gasteiger charge is -2.24. The van der Waals surface area contributed by atoms with E-state index in [0.29, 0.717) is 6.42 Å². The maximum Gasteiger partial charge on any atom is 0.303 e. The molecule has 1 heterocycles. The molecule has 0 saturated carbocycles. The predicted octanol–water partition coefficient (Wildman–Crippen LogP) is 2.85. The normalized spacial score (nSPS) is 13.7. The number of carbonyl (C=O) groups is 1. The number of hydrogen-bond donors (Lipinski definition) is 1. The Labute approximate surface area is 107 Å². The number of fused-ring (bicyclic) bond motifs is 1. The van der Waals surface area contributed by atoms with Gasteiger partial charge in [-0.25, -0.2) is 0 Å². The average molecular weight is 250 g/mol. The van der Waals surface area contributed by atoms with Crippen LogP contribution in [0.15, 0.2) is 18.2 Å². The Morgan fingerprint density at radius 1 is 1.33 bits per heavy atom. The highest BCUT2D eigenvalue weighted by molar-refractivity contribution is 5.66. The molecule has 1 aromatic carbocycles. The number of ether oxygens (including phenoxy) is 2. The molecule has 0 aliphatic carbocycles. The Balaban J connectivity index is 2.02. The summed E-state index contributed by atoms with van der Waals surface area (Å²) in [5.41, 5.74) is 1.11. The quantitative estimate of drug-likeness (QED) is 0.873. The molecule has 0 amide bonds. The Kier molecular flexibility index (Phi) is 3.45. The molecule has 0 aromatic heterocycles. The summed E-state index contributed by atoms with van der Waals surface area (Å²) >= 11 is 0. The van der Waals surface area contributed by atoms with Crippen molar-refractivity contribution < 1.29 is 19.4 Å². The molecule has 98 valence electrons. The van der Waals surface area contributed by atoms with Crippen LogP contribution in [0, 0.1) is 5.41 Å². The van der Waals surface area contributed by atoms with Gasteiger partial charge in [0.2, 0.25) is 6.79 Å². The van der Waals surface area contributed by atoms with Crippen molar-refractivity contribution in [3.8, 4) is 11.5 Å². The molecule has 0 atom stereocenters. The van der Waals surface area contributed by atoms with Gasteiger partial charge in [-0.1, -0.05) is 19.9 Å². The predicted molar refractivity (Wildman–Crippen MR) is 66.9 cm³/mol. The van der Waals surface area contributed by atoms with Gasteiger partial charge >= 0.3 is 5.97 Å². The maximum atomic E-state index is 10.6. The van der Waals surface area contributed by atoms with E-state index in [-0.39, 0.29) is 18.6 Å². The van der Waals surface area contributed by atoms with Crippen LogP contribution in [0.4, 0.5) is 0 Å². The Hall–Kier alpha value is -1.71. The van der Waals surface area contributed by atoms with Gasteiger partial charge in [-0.05, 0) is 36.0 Å². The second-order valence-corrected chi connectivity index (χ2v) is 5.42. The van der Waals surface area contributed by atoms with Gasteiger partial charge in [-0.15, -0.1) is 0 Å². The van der Waals surface area contributed by atoms with Gasteiger partial charge in [0.05, 0.1) is 0 Å². The van der Waals surface area contributed by atoms with E-state index in [0.717, 1.165) is 23.5 Å². The van der Waals surface area contributed by atoms with E-state index >= 15 is 0 Å². The summed E-state index contributed by atoms with van der Waals surface area (Å²) in [6.45, 7) is 4.45. The largest absolute Gasteiger partial charge is 0.481 e. The summed E-state index contributed by atoms with van der Waals surface area (Å²) < 4.78 is 10.6. The van der Waals surface area contributed by atoms with Crippen LogP contribution in [-0.4, -0.2) is 17.9 Å². The van der Waals surface area contributed by atoms with Crippen LogP contribution >= 0.6 is 0 Å². The van der Waals surface area contributed by atoms with Crippen molar-refractivity contribution in [1.82, 2.24) is 0 Å². The highest BCUT2D eigenvalue weighted by atomic mass is 16.7. The second kappa shape index (κ2) is 4.88. The van der Waals surface area contributed by atoms with Crippen molar-refractivity contribution >= 4 is 5.97 Å². The fourth-order valence-corrected chi connectivity index (χ4v) is 2.14. The zero-order valence-corrected chi connectivity index (χ0v) is 10.7. The van der Waals surface area contributed by atoms with Crippen molar-refractivity contribution in [2.75, 3.05) is 6.79 Å². The van der Waals surface area contributed by atoms with E-state index in [2.05, 4.69) is 13.8 Å². The molecular weight excluding hydrogens is 232 g/mol. The monoisotopic (exact) mass is 250 g/mol. The Morgan fingerprint density at radius 2 is 2.06 bits per heavy atom. The molecule has 0 spiro atoms. The smallest absolute Gasteiger partial charge is 0.303 e. The molecule has 1 aliphatic rings. The van der Waals surface area contributed by atoms with Gasteiger partial charge in [-0.3, -0.25) is 4.79 Å². The third-order valence-electron chi connectivity index (χ3n) is 3.14. The number of carboxylic acid groups (broad SMARTS) is 1. The minimum Gasteiger partial charge on any atom is -0.481 e. The van der Waals surface area contributed by atoms with Gasteiger partial charge in [-0.2, -0.15) is 0 Å². The zero-order chi connectivity index (χ0) is 13.2. The van der Waals surface area contributed by atoms with Crippen LogP contribution in [0.1, 0.15) is 32.3 Å². The van der Waals surface area contributed by atoms with Gasteiger partial charge in [0.15, 0.2) is 11.5 Å². The molecule has 0 saturated heterocycles. The highest BCUT2D eigenvalue weighted by Gasteiger charge is 2.21. The average Bonchev–Trinajstić information content (AvgIpc) is 2.73. The van der Waals surface area contributed by atoms with E-state index in [1.807, 2.05) is 18.2 Å². The first-order valence-electron chi connectivity index (χ1n) is 6.07. The number of hydrogen-bond acceptors (Lipinski definition) is 3. The Bertz CT molecular complexity index is 451. The number of rotatable bonds is 5. The topological polar surface area (TPSA) is 55.8 Å². The van der Waals surface area contributed by atoms with Gasteiger partial charge < -0.3 is 14.6 Å². The number of benzene rings is 1. The lowest BCUT2D eigenvalue weighted by atomic mass is 9.81. The molecule has 1 aromatic rings. The van der Waals surface area contributed by atoms with Gasteiger partial charge in [0, 0.05) is 6.42 Å². The fraction of sp³-hybridized carbons (Fsp3) is 0.500. The van der Waals surface area contributed by atoms with Crippen LogP contribution in [-0.2, 0) is 11.2 Å². The minimum atomic E-state index is -0.742. The van der Waals surface area contributed by atoms with Crippen LogP contribution in [0.3, 0.4) is 0 Å². The maximum absolute atomic E-state index is 10.6. The first kappa shape index (κ1) is 12.7. The van der Waals surface area contributed by atoms with Crippen molar-refractivity contribution in [3.63, 3.8) is 0 Å². The van der Waals surface area contributed by atoms with Crippen molar-refractivity contribution in [3.05, 3.63) is 23.8 Å². The van der Waals surface area contributed by atoms with E-state index < -0.39 is 5.97 Å². The molecule has 1 aliphatic heterocycles. The summed E-state index contributed by atoms with van der Waals surface area (Å²) in [7, 11) is 0. The van der Waals surface area contributed by atoms with Crippen molar-refractivity contribution in [1.29, 1.82) is 0 Å². The summed E-state index contributed by atoms with van der Waals surface area (Å²) in [5, 5.41) is 8.73. The molecule has 0 unspecified atom stereocenters. The lowest BCUT2D eigenvalue weighted by molar-refractivity contribution is -0.137. The summed E-state index contributed by atoms with van der Waals surface area (Å²) in [6, 6.07) is 5.89. The first-order valence-corrected chi connectivity index (χ1v) is 6.07. The first-order chi connectivity index (χ1) is 8.46. The molecule has 0 radical (unpaired) electrons. The van der Waals surface area contributed by atoms with Gasteiger partial charge in [0.1, 0.15) is 0 Å². The lowest BCUT2D eigenvalue weighted by Crippen LogP contribution is -2.16. The summed E-state index contributed by atoms with van der Waals surface area (Å²) in [6.07, 6.45) is 1.70. The number of aliphatic carboxylic acids is 1. The fourth-order valence-electron chi connectivity index (χ4n) is 2.14. The summed E-state index contributed by atoms with van der Waals surface area (Å²) in [5.74, 6) is 0.817. The standard InChI is InChI=1S/C14H18O4/c1-14(2,6-5-13(15)16)8-10-3-4-11-12(7-10)18-9-17-11/h3-4,7H,5-6,8-9H2,1-2H3,(H,15,16). The van der Waals surface area contributed by atoms with E-state index in [1.165, 1.54) is 0 Å². The van der Waals surface area contributed by atoms with Crippen molar-refractivity contribution in [2.24, 2.45) is 5.41 Å². The van der Waals surface area contributed by atoms with Gasteiger partial charge in [0.25, 0.3) is 0 Å². The molecule has 1 N–H and O–H groups in total. The molecule has 4 heteroatoms. The van der Waals surface area contributed by atoms with Crippen LogP contribution in [0.2, 0.25) is 0 Å². The molecule has 4 nitrogen and oxygen atoms in total. The van der Waals surface area contributed by atoms with E-state index in [1.54, 1.807) is 0 Å². The van der Waals surface area contributed by atoms with Crippen LogP contribution < -0.4 is 9.47 Å². The summed E-state index contributed by atoms with van der Waals surface area (Å²) in [4.78, 5) is 10.6. The molecular formula is C14H18O4. The van der Waals surface area contributed by atoms with E-state index in [4.69, 9.17) is 14.6 Å². The van der Waals surface area contributed by atoms with Crippen LogP contribution in [0.25, 0.3) is 0 Å². The molecule has 2 rings (SSSR count). The van der Waals surface area contributed by atoms with E-state index in [9.17, 15) is 4.79 Å². The molecule has 18 heavy (non-hydrogen) atoms. The second-order valence-electron chi connectivity index (χ2n) is 5.42. The third kappa shape index (κ3) is 3.15. The molecule has 0 bridgehead atoms.